The molecule has 7 heteroatoms. The third-order valence-corrected chi connectivity index (χ3v) is 4.30. The zero-order valence-corrected chi connectivity index (χ0v) is 15.7. The lowest BCUT2D eigenvalue weighted by atomic mass is 10.1. The van der Waals surface area contributed by atoms with Crippen molar-refractivity contribution < 1.29 is 9.53 Å². The van der Waals surface area contributed by atoms with Gasteiger partial charge in [-0.25, -0.2) is 4.79 Å². The van der Waals surface area contributed by atoms with Crippen LogP contribution < -0.4 is 21.3 Å². The molecule has 0 atom stereocenters. The van der Waals surface area contributed by atoms with E-state index < -0.39 is 11.2 Å². The average molecular weight is 379 g/mol. The number of hydrogen-bond acceptors (Lipinski definition) is 4. The Kier molecular flexibility index (Phi) is 5.74. The summed E-state index contributed by atoms with van der Waals surface area (Å²) in [5, 5.41) is 4.81. The number of ether oxygens (including phenoxy) is 1. The number of carbonyl (C=O) groups excluding carboxylic acids is 1. The van der Waals surface area contributed by atoms with Crippen molar-refractivity contribution in [2.45, 2.75) is 0 Å². The van der Waals surface area contributed by atoms with Crippen LogP contribution in [-0.2, 0) is 18.9 Å². The monoisotopic (exact) mass is 379 g/mol. The Morgan fingerprint density at radius 2 is 1.86 bits per heavy atom. The maximum atomic E-state index is 12.0. The topological polar surface area (TPSA) is 82.3 Å². The molecule has 0 unspecified atom stereocenters. The second-order valence-corrected chi connectivity index (χ2v) is 6.29. The minimum atomic E-state index is -0.452. The van der Waals surface area contributed by atoms with Gasteiger partial charge in [0.15, 0.2) is 0 Å². The summed E-state index contributed by atoms with van der Waals surface area (Å²) in [7, 11) is 2.94. The van der Waals surface area contributed by atoms with Gasteiger partial charge in [-0.1, -0.05) is 36.4 Å². The molecule has 144 valence electrons. The lowest BCUT2D eigenvalue weighted by molar-refractivity contribution is -0.116. The van der Waals surface area contributed by atoms with Crippen molar-refractivity contribution in [3.05, 3.63) is 81.1 Å². The van der Waals surface area contributed by atoms with Gasteiger partial charge in [0.1, 0.15) is 12.4 Å². The number of nitrogens with one attached hydrogen (secondary N) is 1. The summed E-state index contributed by atoms with van der Waals surface area (Å²) in [5.74, 6) is 0.411. The van der Waals surface area contributed by atoms with Crippen LogP contribution in [0.2, 0.25) is 0 Å². The highest BCUT2D eigenvalue weighted by Crippen LogP contribution is 2.24. The number of aromatic nitrogens is 2. The number of carbonyl (C=O) groups is 1. The normalized spacial score (nSPS) is 11.1. The van der Waals surface area contributed by atoms with Gasteiger partial charge in [-0.2, -0.15) is 0 Å². The van der Waals surface area contributed by atoms with Gasteiger partial charge in [-0.3, -0.25) is 14.2 Å². The van der Waals surface area contributed by atoms with E-state index in [1.165, 1.54) is 30.0 Å². The smallest absolute Gasteiger partial charge is 0.330 e. The summed E-state index contributed by atoms with van der Waals surface area (Å²) in [6, 6.07) is 13.7. The molecular weight excluding hydrogens is 358 g/mol. The van der Waals surface area contributed by atoms with E-state index in [-0.39, 0.29) is 11.5 Å². The van der Waals surface area contributed by atoms with E-state index in [9.17, 15) is 14.4 Å². The van der Waals surface area contributed by atoms with Gasteiger partial charge in [0.2, 0.25) is 5.91 Å². The molecule has 0 saturated carbocycles. The zero-order valence-electron chi connectivity index (χ0n) is 15.7. The predicted molar refractivity (Wildman–Crippen MR) is 108 cm³/mol. The minimum Gasteiger partial charge on any atom is -0.491 e. The molecule has 1 aromatic heterocycles. The molecule has 0 aliphatic carbocycles. The van der Waals surface area contributed by atoms with Gasteiger partial charge < -0.3 is 14.6 Å². The van der Waals surface area contributed by atoms with E-state index in [1.54, 1.807) is 7.05 Å². The van der Waals surface area contributed by atoms with Crippen LogP contribution in [0.5, 0.6) is 5.75 Å². The van der Waals surface area contributed by atoms with Crippen LogP contribution in [0.3, 0.4) is 0 Å². The zero-order chi connectivity index (χ0) is 20.1. The van der Waals surface area contributed by atoms with Crippen molar-refractivity contribution in [2.24, 2.45) is 14.1 Å². The fourth-order valence-corrected chi connectivity index (χ4v) is 2.83. The Balaban J connectivity index is 1.56. The van der Waals surface area contributed by atoms with Crippen LogP contribution in [0, 0.1) is 0 Å². The highest BCUT2D eigenvalue weighted by molar-refractivity contribution is 5.91. The molecule has 0 radical (unpaired) electrons. The average Bonchev–Trinajstić information content (AvgIpc) is 2.71. The molecule has 28 heavy (non-hydrogen) atoms. The third-order valence-electron chi connectivity index (χ3n) is 4.30. The Morgan fingerprint density at radius 1 is 1.11 bits per heavy atom. The molecule has 0 aliphatic rings. The standard InChI is InChI=1S/C21H21N3O4/c1-23-14-16(20(26)24(2)21(23)27)10-11-19(25)22-12-13-28-18-9-5-7-15-6-3-4-8-17(15)18/h3-11,14H,12-13H2,1-2H3,(H,22,25). The summed E-state index contributed by atoms with van der Waals surface area (Å²) < 4.78 is 8.05. The van der Waals surface area contributed by atoms with Crippen molar-refractivity contribution in [2.75, 3.05) is 13.2 Å². The Labute approximate surface area is 161 Å². The molecule has 1 heterocycles. The fraction of sp³-hybridized carbons (Fsp3) is 0.190. The number of amides is 1. The first-order valence-corrected chi connectivity index (χ1v) is 8.80. The predicted octanol–water partition coefficient (Wildman–Crippen LogP) is 1.45. The molecule has 0 aliphatic heterocycles. The quantitative estimate of drug-likeness (QED) is 0.519. The van der Waals surface area contributed by atoms with Crippen LogP contribution in [-0.4, -0.2) is 28.2 Å². The van der Waals surface area contributed by atoms with Gasteiger partial charge in [0, 0.05) is 31.8 Å². The summed E-state index contributed by atoms with van der Waals surface area (Å²) in [6.07, 6.45) is 4.06. The lowest BCUT2D eigenvalue weighted by Crippen LogP contribution is -2.37. The number of benzene rings is 2. The Hall–Kier alpha value is -3.61. The van der Waals surface area contributed by atoms with E-state index in [0.29, 0.717) is 13.2 Å². The molecule has 3 aromatic rings. The third kappa shape index (κ3) is 4.20. The van der Waals surface area contributed by atoms with Crippen LogP contribution >= 0.6 is 0 Å². The van der Waals surface area contributed by atoms with E-state index >= 15 is 0 Å². The van der Waals surface area contributed by atoms with Gasteiger partial charge in [0.05, 0.1) is 12.1 Å². The summed E-state index contributed by atoms with van der Waals surface area (Å²) in [6.45, 7) is 0.632. The molecule has 0 saturated heterocycles. The van der Waals surface area contributed by atoms with Crippen molar-refractivity contribution >= 4 is 22.8 Å². The maximum Gasteiger partial charge on any atom is 0.330 e. The molecule has 3 rings (SSSR count). The second-order valence-electron chi connectivity index (χ2n) is 6.29. The maximum absolute atomic E-state index is 12.0. The molecule has 1 amide bonds. The SMILES string of the molecule is Cn1cc(C=CC(=O)NCCOc2cccc3ccccc23)c(=O)n(C)c1=O. The van der Waals surface area contributed by atoms with Gasteiger partial charge >= 0.3 is 5.69 Å². The first-order chi connectivity index (χ1) is 13.5. The number of aryl methyl sites for hydroxylation is 1. The molecule has 2 aromatic carbocycles. The van der Waals surface area contributed by atoms with Crippen LogP contribution in [0.25, 0.3) is 16.8 Å². The number of hydrogen-bond donors (Lipinski definition) is 1. The molecule has 1 N–H and O–H groups in total. The first kappa shape index (κ1) is 19.2. The molecule has 0 bridgehead atoms. The largest absolute Gasteiger partial charge is 0.491 e. The highest BCUT2D eigenvalue weighted by atomic mass is 16.5. The molecule has 7 nitrogen and oxygen atoms in total. The van der Waals surface area contributed by atoms with E-state index in [0.717, 1.165) is 21.1 Å². The number of fused-ring (bicyclic) bond motifs is 1. The fourth-order valence-electron chi connectivity index (χ4n) is 2.83. The second kappa shape index (κ2) is 8.39. The Morgan fingerprint density at radius 3 is 2.68 bits per heavy atom. The van der Waals surface area contributed by atoms with Crippen molar-refractivity contribution in [1.29, 1.82) is 0 Å². The van der Waals surface area contributed by atoms with Crippen molar-refractivity contribution in [3.63, 3.8) is 0 Å². The van der Waals surface area contributed by atoms with Crippen LogP contribution in [0.1, 0.15) is 5.56 Å². The van der Waals surface area contributed by atoms with E-state index in [2.05, 4.69) is 5.32 Å². The summed E-state index contributed by atoms with van der Waals surface area (Å²) >= 11 is 0. The van der Waals surface area contributed by atoms with Crippen LogP contribution in [0.15, 0.2) is 64.3 Å². The number of rotatable bonds is 6. The summed E-state index contributed by atoms with van der Waals surface area (Å²) in [4.78, 5) is 35.6. The van der Waals surface area contributed by atoms with E-state index in [4.69, 9.17) is 4.74 Å². The van der Waals surface area contributed by atoms with Crippen molar-refractivity contribution in [3.8, 4) is 5.75 Å². The lowest BCUT2D eigenvalue weighted by Gasteiger charge is -2.09. The molecule has 0 spiro atoms. The molecule has 0 fully saturated rings. The minimum absolute atomic E-state index is 0.256. The van der Waals surface area contributed by atoms with Crippen molar-refractivity contribution in [1.82, 2.24) is 14.5 Å². The first-order valence-electron chi connectivity index (χ1n) is 8.80. The van der Waals surface area contributed by atoms with Gasteiger partial charge in [-0.15, -0.1) is 0 Å². The highest BCUT2D eigenvalue weighted by Gasteiger charge is 2.05. The van der Waals surface area contributed by atoms with Gasteiger partial charge in [0.25, 0.3) is 5.56 Å². The molecular formula is C21H21N3O4. The van der Waals surface area contributed by atoms with Crippen LogP contribution in [0.4, 0.5) is 0 Å². The van der Waals surface area contributed by atoms with Gasteiger partial charge in [-0.05, 0) is 17.5 Å². The van der Waals surface area contributed by atoms with E-state index in [1.807, 2.05) is 42.5 Å². The summed E-state index contributed by atoms with van der Waals surface area (Å²) in [5.41, 5.74) is -0.615. The number of nitrogens with zero attached hydrogens (tertiary/aromatic N) is 2. The Bertz CT molecular complexity index is 1150.